The molecule has 1 N–H and O–H groups in total. The number of nitrogens with zero attached hydrogens (tertiary/aromatic N) is 2. The SMILES string of the molecule is COc1ccc(/C(=C\[CH]=[V])Oc2ccc(NC(=O)c3c4n(c(C)c(C5=CCCC5)c3=O)CCOC4)cc2)nc1OC. The predicted octanol–water partition coefficient (Wildman–Crippen LogP) is 4.69. The standard InChI is InChI=1S/C31H31N3O6.V/c1-5-25(23-14-15-26(37-3)31(33-23)38-4)40-22-12-10-21(11-13-22)32-30(36)28-24-18-39-17-16-34(24)19(2)27(29(28)35)20-8-6-7-9-20;/h1,5,8,10-15H,6-7,9,16-18H2,2-4H3,(H,32,36);/b25-5+;. The Hall–Kier alpha value is -3.92. The summed E-state index contributed by atoms with van der Waals surface area (Å²) in [6, 6.07) is 10.5. The van der Waals surface area contributed by atoms with E-state index < -0.39 is 5.91 Å². The minimum atomic E-state index is -0.453. The van der Waals surface area contributed by atoms with Gasteiger partial charge in [-0.15, -0.1) is 0 Å². The molecule has 0 spiro atoms. The average Bonchev–Trinajstić information content (AvgIpc) is 3.52. The average molecular weight is 593 g/mol. The monoisotopic (exact) mass is 592 g/mol. The van der Waals surface area contributed by atoms with E-state index in [4.69, 9.17) is 18.9 Å². The molecule has 0 saturated heterocycles. The van der Waals surface area contributed by atoms with Crippen molar-refractivity contribution in [2.45, 2.75) is 39.3 Å². The summed E-state index contributed by atoms with van der Waals surface area (Å²) in [6.45, 7) is 3.33. The quantitative estimate of drug-likeness (QED) is 0.360. The molecule has 2 aliphatic rings. The summed E-state index contributed by atoms with van der Waals surface area (Å²) in [5, 5.41) is 2.90. The van der Waals surface area contributed by atoms with E-state index in [0.717, 1.165) is 30.5 Å². The Morgan fingerprint density at radius 2 is 1.95 bits per heavy atom. The Labute approximate surface area is 247 Å². The number of carbonyl (C=O) groups excluding carboxylic acids is 1. The fourth-order valence-corrected chi connectivity index (χ4v) is 5.42. The summed E-state index contributed by atoms with van der Waals surface area (Å²) in [4.78, 5) is 31.8. The summed E-state index contributed by atoms with van der Waals surface area (Å²) in [6.07, 6.45) is 6.70. The van der Waals surface area contributed by atoms with Crippen LogP contribution in [0.15, 0.2) is 53.3 Å². The molecule has 0 bridgehead atoms. The van der Waals surface area contributed by atoms with E-state index in [0.29, 0.717) is 58.9 Å². The Kier molecular flexibility index (Phi) is 8.88. The number of pyridine rings is 2. The zero-order valence-corrected chi connectivity index (χ0v) is 24.6. The van der Waals surface area contributed by atoms with Gasteiger partial charge in [0, 0.05) is 17.8 Å². The van der Waals surface area contributed by atoms with Gasteiger partial charge in [0.1, 0.15) is 0 Å². The first kappa shape index (κ1) is 28.6. The van der Waals surface area contributed by atoms with Crippen molar-refractivity contribution >= 4 is 27.7 Å². The number of amides is 1. The molecule has 0 fully saturated rings. The summed E-state index contributed by atoms with van der Waals surface area (Å²) in [7, 11) is 3.07. The van der Waals surface area contributed by atoms with Gasteiger partial charge in [-0.1, -0.05) is 6.08 Å². The first-order valence-corrected chi connectivity index (χ1v) is 14.2. The molecule has 3 aromatic rings. The van der Waals surface area contributed by atoms with Gasteiger partial charge in [-0.05, 0) is 31.8 Å². The van der Waals surface area contributed by atoms with Gasteiger partial charge in [0.05, 0.1) is 13.2 Å². The van der Waals surface area contributed by atoms with Crippen LogP contribution in [-0.2, 0) is 34.9 Å². The zero-order chi connectivity index (χ0) is 28.9. The van der Waals surface area contributed by atoms with E-state index in [2.05, 4.69) is 37.9 Å². The van der Waals surface area contributed by atoms with Crippen molar-refractivity contribution in [1.82, 2.24) is 9.55 Å². The second-order valence-corrected chi connectivity index (χ2v) is 10.1. The summed E-state index contributed by atoms with van der Waals surface area (Å²) in [5.74, 6) is 1.44. The number of aromatic nitrogens is 2. The van der Waals surface area contributed by atoms with E-state index >= 15 is 0 Å². The van der Waals surface area contributed by atoms with Crippen molar-refractivity contribution in [2.24, 2.45) is 0 Å². The van der Waals surface area contributed by atoms with Crippen LogP contribution in [0.3, 0.4) is 0 Å². The van der Waals surface area contributed by atoms with Crippen molar-refractivity contribution in [3.05, 3.63) is 87.0 Å². The molecule has 211 valence electrons. The number of allylic oxidation sites excluding steroid dienone is 3. The molecule has 1 aromatic carbocycles. The molecule has 41 heavy (non-hydrogen) atoms. The van der Waals surface area contributed by atoms with E-state index in [9.17, 15) is 9.59 Å². The molecule has 0 saturated carbocycles. The summed E-state index contributed by atoms with van der Waals surface area (Å²) in [5.41, 5.74) is 4.18. The Morgan fingerprint density at radius 3 is 2.63 bits per heavy atom. The Morgan fingerprint density at radius 1 is 1.15 bits per heavy atom. The molecule has 5 rings (SSSR count). The first-order valence-electron chi connectivity index (χ1n) is 13.3. The van der Waals surface area contributed by atoms with Gasteiger partial charge >= 0.3 is 165 Å². The molecule has 0 radical (unpaired) electrons. The second-order valence-electron chi connectivity index (χ2n) is 9.61. The Bertz CT molecular complexity index is 1610. The Balaban J connectivity index is 1.39. The van der Waals surface area contributed by atoms with E-state index in [1.54, 1.807) is 54.3 Å². The third-order valence-corrected chi connectivity index (χ3v) is 7.41. The van der Waals surface area contributed by atoms with Crippen LogP contribution < -0.4 is 25.0 Å². The van der Waals surface area contributed by atoms with E-state index in [1.165, 1.54) is 7.11 Å². The van der Waals surface area contributed by atoms with E-state index in [-0.39, 0.29) is 17.6 Å². The number of ether oxygens (including phenoxy) is 4. The predicted molar refractivity (Wildman–Crippen MR) is 153 cm³/mol. The zero-order valence-electron chi connectivity index (χ0n) is 23.2. The molecule has 3 heterocycles. The number of methoxy groups -OCH3 is 2. The first-order chi connectivity index (χ1) is 19.9. The van der Waals surface area contributed by atoms with E-state index in [1.807, 2.05) is 6.92 Å². The summed E-state index contributed by atoms with van der Waals surface area (Å²) >= 11 is 2.35. The molecule has 9 nitrogen and oxygen atoms in total. The molecular formula is C31H31N3O6V. The van der Waals surface area contributed by atoms with Gasteiger partial charge in [0.25, 0.3) is 0 Å². The topological polar surface area (TPSA) is 101 Å². The van der Waals surface area contributed by atoms with Crippen LogP contribution in [0.2, 0.25) is 0 Å². The molecule has 0 atom stereocenters. The van der Waals surface area contributed by atoms with Crippen LogP contribution in [0.4, 0.5) is 5.69 Å². The van der Waals surface area contributed by atoms with Crippen LogP contribution >= 0.6 is 0 Å². The fraction of sp³-hybridized carbons (Fsp3) is 0.290. The van der Waals surface area contributed by atoms with Gasteiger partial charge < -0.3 is 9.30 Å². The van der Waals surface area contributed by atoms with Gasteiger partial charge in [0.2, 0.25) is 0 Å². The van der Waals surface area contributed by atoms with Crippen LogP contribution in [-0.4, -0.2) is 41.0 Å². The molecule has 1 amide bonds. The number of rotatable bonds is 9. The van der Waals surface area contributed by atoms with Gasteiger partial charge in [-0.3, -0.25) is 4.79 Å². The van der Waals surface area contributed by atoms with Crippen molar-refractivity contribution in [3.8, 4) is 17.4 Å². The molecule has 1 aliphatic carbocycles. The molecule has 10 heteroatoms. The molecular weight excluding hydrogens is 561 g/mol. The van der Waals surface area contributed by atoms with Crippen molar-refractivity contribution < 1.29 is 40.7 Å². The summed E-state index contributed by atoms with van der Waals surface area (Å²) < 4.78 is 26.2. The molecule has 0 unspecified atom stereocenters. The minimum absolute atomic E-state index is 0.139. The van der Waals surface area contributed by atoms with Crippen molar-refractivity contribution in [1.29, 1.82) is 0 Å². The van der Waals surface area contributed by atoms with Crippen molar-refractivity contribution in [2.75, 3.05) is 26.1 Å². The maximum atomic E-state index is 13.7. The van der Waals surface area contributed by atoms with Gasteiger partial charge in [-0.2, -0.15) is 0 Å². The number of fused-ring (bicyclic) bond motifs is 1. The number of carbonyl (C=O) groups is 1. The van der Waals surface area contributed by atoms with Gasteiger partial charge in [0.15, 0.2) is 0 Å². The molecule has 1 aliphatic heterocycles. The number of hydrogen-bond donors (Lipinski definition) is 1. The third kappa shape index (κ3) is 5.93. The van der Waals surface area contributed by atoms with Crippen molar-refractivity contribution in [3.63, 3.8) is 0 Å². The molecule has 2 aromatic heterocycles. The van der Waals surface area contributed by atoms with Crippen LogP contribution in [0.5, 0.6) is 17.4 Å². The van der Waals surface area contributed by atoms with Crippen LogP contribution in [0.25, 0.3) is 11.3 Å². The third-order valence-electron chi connectivity index (χ3n) is 7.18. The fourth-order valence-electron chi connectivity index (χ4n) is 5.21. The number of hydrogen-bond acceptors (Lipinski definition) is 7. The number of anilines is 1. The maximum absolute atomic E-state index is 13.7. The van der Waals surface area contributed by atoms with Crippen LogP contribution in [0, 0.1) is 6.92 Å². The normalized spacial score (nSPS) is 14.6. The van der Waals surface area contributed by atoms with Crippen LogP contribution in [0.1, 0.15) is 52.3 Å². The second kappa shape index (κ2) is 12.7. The number of benzene rings is 1. The number of nitrogens with one attached hydrogen (secondary N) is 1. The van der Waals surface area contributed by atoms with Gasteiger partial charge in [-0.25, -0.2) is 0 Å².